The van der Waals surface area contributed by atoms with Crippen molar-refractivity contribution in [1.29, 1.82) is 0 Å². The van der Waals surface area contributed by atoms with Crippen LogP contribution in [-0.4, -0.2) is 12.2 Å². The van der Waals surface area contributed by atoms with Crippen molar-refractivity contribution in [2.24, 2.45) is 0 Å². The minimum absolute atomic E-state index is 0.542. The van der Waals surface area contributed by atoms with Crippen molar-refractivity contribution in [2.75, 3.05) is 7.11 Å². The molecule has 0 aliphatic heterocycles. The second-order valence-electron chi connectivity index (χ2n) is 4.21. The van der Waals surface area contributed by atoms with Crippen LogP contribution in [-0.2, 0) is 5.60 Å². The number of ether oxygens (including phenoxy) is 1. The van der Waals surface area contributed by atoms with Crippen molar-refractivity contribution >= 4 is 0 Å². The molecule has 0 bridgehead atoms. The molecule has 3 heteroatoms. The van der Waals surface area contributed by atoms with Gasteiger partial charge < -0.3 is 14.3 Å². The molecule has 0 amide bonds. The van der Waals surface area contributed by atoms with Gasteiger partial charge in [0.1, 0.15) is 22.9 Å². The Labute approximate surface area is 101 Å². The number of hydrogen-bond donors (Lipinski definition) is 1. The Morgan fingerprint density at radius 1 is 1.12 bits per heavy atom. The van der Waals surface area contributed by atoms with Crippen molar-refractivity contribution in [3.8, 4) is 5.75 Å². The van der Waals surface area contributed by atoms with Crippen LogP contribution >= 0.6 is 0 Å². The molecule has 0 spiro atoms. The van der Waals surface area contributed by atoms with E-state index in [2.05, 4.69) is 0 Å². The number of benzene rings is 1. The molecule has 17 heavy (non-hydrogen) atoms. The van der Waals surface area contributed by atoms with Gasteiger partial charge in [-0.3, -0.25) is 0 Å². The lowest BCUT2D eigenvalue weighted by molar-refractivity contribution is 0.0757. The number of methoxy groups -OCH3 is 1. The highest BCUT2D eigenvalue weighted by molar-refractivity contribution is 5.35. The summed E-state index contributed by atoms with van der Waals surface area (Å²) in [5.74, 6) is 2.09. The predicted octanol–water partition coefficient (Wildman–Crippen LogP) is 2.85. The first-order chi connectivity index (χ1) is 8.04. The molecule has 2 rings (SSSR count). The Bertz CT molecular complexity index is 494. The second-order valence-corrected chi connectivity index (χ2v) is 4.21. The maximum absolute atomic E-state index is 10.5. The van der Waals surface area contributed by atoms with E-state index < -0.39 is 5.60 Å². The van der Waals surface area contributed by atoms with E-state index in [1.807, 2.05) is 37.3 Å². The Kier molecular flexibility index (Phi) is 2.94. The van der Waals surface area contributed by atoms with Crippen molar-refractivity contribution in [2.45, 2.75) is 19.4 Å². The van der Waals surface area contributed by atoms with Gasteiger partial charge in [-0.05, 0) is 43.7 Å². The summed E-state index contributed by atoms with van der Waals surface area (Å²) < 4.78 is 10.6. The number of aliphatic hydroxyl groups is 1. The molecule has 2 aromatic rings. The molecule has 1 unspecified atom stereocenters. The first-order valence-corrected chi connectivity index (χ1v) is 5.48. The summed E-state index contributed by atoms with van der Waals surface area (Å²) in [6.07, 6.45) is 0. The van der Waals surface area contributed by atoms with E-state index in [1.54, 1.807) is 20.1 Å². The molecule has 0 fully saturated rings. The van der Waals surface area contributed by atoms with Gasteiger partial charge in [0.15, 0.2) is 0 Å². The average molecular weight is 232 g/mol. The summed E-state index contributed by atoms with van der Waals surface area (Å²) in [4.78, 5) is 0. The maximum atomic E-state index is 10.5. The minimum Gasteiger partial charge on any atom is -0.497 e. The molecular weight excluding hydrogens is 216 g/mol. The van der Waals surface area contributed by atoms with Gasteiger partial charge in [0.05, 0.1) is 7.11 Å². The van der Waals surface area contributed by atoms with Gasteiger partial charge in [-0.15, -0.1) is 0 Å². The largest absolute Gasteiger partial charge is 0.497 e. The lowest BCUT2D eigenvalue weighted by Gasteiger charge is -2.21. The highest BCUT2D eigenvalue weighted by atomic mass is 16.5. The van der Waals surface area contributed by atoms with Crippen molar-refractivity contribution < 1.29 is 14.3 Å². The quantitative estimate of drug-likeness (QED) is 0.884. The molecule has 0 radical (unpaired) electrons. The van der Waals surface area contributed by atoms with E-state index in [1.165, 1.54) is 0 Å². The number of furan rings is 1. The van der Waals surface area contributed by atoms with Crippen LogP contribution in [0.3, 0.4) is 0 Å². The van der Waals surface area contributed by atoms with Crippen molar-refractivity contribution in [1.82, 2.24) is 0 Å². The Morgan fingerprint density at radius 3 is 2.24 bits per heavy atom. The van der Waals surface area contributed by atoms with E-state index in [0.29, 0.717) is 5.76 Å². The van der Waals surface area contributed by atoms with E-state index >= 15 is 0 Å². The average Bonchev–Trinajstić information content (AvgIpc) is 2.77. The van der Waals surface area contributed by atoms with Crippen LogP contribution in [0.15, 0.2) is 40.8 Å². The van der Waals surface area contributed by atoms with Crippen LogP contribution in [0.1, 0.15) is 24.0 Å². The fourth-order valence-electron chi connectivity index (χ4n) is 1.75. The van der Waals surface area contributed by atoms with Gasteiger partial charge in [-0.25, -0.2) is 0 Å². The molecule has 90 valence electrons. The summed E-state index contributed by atoms with van der Waals surface area (Å²) in [6.45, 7) is 3.57. The zero-order valence-electron chi connectivity index (χ0n) is 10.2. The third-order valence-corrected chi connectivity index (χ3v) is 2.87. The van der Waals surface area contributed by atoms with Crippen LogP contribution in [0.25, 0.3) is 0 Å². The lowest BCUT2D eigenvalue weighted by atomic mass is 9.93. The Balaban J connectivity index is 2.36. The van der Waals surface area contributed by atoms with Gasteiger partial charge in [0.25, 0.3) is 0 Å². The number of aryl methyl sites for hydroxylation is 1. The zero-order valence-corrected chi connectivity index (χ0v) is 10.2. The molecule has 3 nitrogen and oxygen atoms in total. The molecule has 1 aromatic heterocycles. The van der Waals surface area contributed by atoms with Gasteiger partial charge in [-0.1, -0.05) is 12.1 Å². The highest BCUT2D eigenvalue weighted by Gasteiger charge is 2.28. The molecule has 1 aromatic carbocycles. The van der Waals surface area contributed by atoms with Crippen LogP contribution in [0.5, 0.6) is 5.75 Å². The summed E-state index contributed by atoms with van der Waals surface area (Å²) in [6, 6.07) is 10.9. The SMILES string of the molecule is COc1ccc(C(C)(O)c2ccc(C)o2)cc1. The predicted molar refractivity (Wildman–Crippen MR) is 65.1 cm³/mol. The second kappa shape index (κ2) is 4.26. The Hall–Kier alpha value is -1.74. The van der Waals surface area contributed by atoms with Gasteiger partial charge in [0.2, 0.25) is 0 Å². The molecule has 0 saturated carbocycles. The van der Waals surface area contributed by atoms with Crippen molar-refractivity contribution in [3.05, 3.63) is 53.5 Å². The molecule has 0 aliphatic carbocycles. The molecule has 1 atom stereocenters. The van der Waals surface area contributed by atoms with Crippen LogP contribution in [0.4, 0.5) is 0 Å². The summed E-state index contributed by atoms with van der Waals surface area (Å²) >= 11 is 0. The van der Waals surface area contributed by atoms with Gasteiger partial charge in [-0.2, -0.15) is 0 Å². The standard InChI is InChI=1S/C14H16O3/c1-10-4-9-13(17-10)14(2,15)11-5-7-12(16-3)8-6-11/h4-9,15H,1-3H3. The number of hydrogen-bond acceptors (Lipinski definition) is 3. The minimum atomic E-state index is -1.12. The number of rotatable bonds is 3. The van der Waals surface area contributed by atoms with E-state index in [-0.39, 0.29) is 0 Å². The third-order valence-electron chi connectivity index (χ3n) is 2.87. The maximum Gasteiger partial charge on any atom is 0.144 e. The van der Waals surface area contributed by atoms with E-state index in [9.17, 15) is 5.11 Å². The third kappa shape index (κ3) is 2.19. The molecule has 1 N–H and O–H groups in total. The summed E-state index contributed by atoms with van der Waals surface area (Å²) in [5, 5.41) is 10.5. The first-order valence-electron chi connectivity index (χ1n) is 5.48. The van der Waals surface area contributed by atoms with Crippen molar-refractivity contribution in [3.63, 3.8) is 0 Å². The van der Waals surface area contributed by atoms with Gasteiger partial charge in [0, 0.05) is 0 Å². The zero-order chi connectivity index (χ0) is 12.5. The van der Waals surface area contributed by atoms with E-state index in [4.69, 9.17) is 9.15 Å². The van der Waals surface area contributed by atoms with Crippen LogP contribution in [0, 0.1) is 6.92 Å². The fourth-order valence-corrected chi connectivity index (χ4v) is 1.75. The molecule has 0 saturated heterocycles. The smallest absolute Gasteiger partial charge is 0.144 e. The summed E-state index contributed by atoms with van der Waals surface area (Å²) in [7, 11) is 1.61. The molecule has 1 heterocycles. The van der Waals surface area contributed by atoms with E-state index in [0.717, 1.165) is 17.1 Å². The monoisotopic (exact) mass is 232 g/mol. The Morgan fingerprint density at radius 2 is 1.76 bits per heavy atom. The van der Waals surface area contributed by atoms with Crippen LogP contribution < -0.4 is 4.74 Å². The fraction of sp³-hybridized carbons (Fsp3) is 0.286. The highest BCUT2D eigenvalue weighted by Crippen LogP contribution is 2.31. The first kappa shape index (κ1) is 11.7. The lowest BCUT2D eigenvalue weighted by Crippen LogP contribution is -2.21. The molecular formula is C14H16O3. The molecule has 0 aliphatic rings. The van der Waals surface area contributed by atoms with Gasteiger partial charge >= 0.3 is 0 Å². The summed E-state index contributed by atoms with van der Waals surface area (Å²) in [5.41, 5.74) is -0.354. The normalized spacial score (nSPS) is 14.4. The van der Waals surface area contributed by atoms with Crippen LogP contribution in [0.2, 0.25) is 0 Å². The topological polar surface area (TPSA) is 42.6 Å².